The third kappa shape index (κ3) is 10.1. The lowest BCUT2D eigenvalue weighted by molar-refractivity contribution is -0.140. The van der Waals surface area contributed by atoms with Crippen molar-refractivity contribution < 1.29 is 31.2 Å². The van der Waals surface area contributed by atoms with E-state index in [2.05, 4.69) is 21.2 Å². The lowest BCUT2D eigenvalue weighted by Crippen LogP contribution is -2.53. The number of benzene rings is 4. The van der Waals surface area contributed by atoms with Crippen molar-refractivity contribution >= 4 is 55.1 Å². The molecule has 0 aliphatic carbocycles. The highest BCUT2D eigenvalue weighted by Crippen LogP contribution is 2.38. The summed E-state index contributed by atoms with van der Waals surface area (Å²) in [5.74, 6) is -1.25. The quantitative estimate of drug-likeness (QED) is 0.131. The summed E-state index contributed by atoms with van der Waals surface area (Å²) < 4.78 is 71.6. The Kier molecular flexibility index (Phi) is 12.9. The Balaban J connectivity index is 1.85. The Bertz CT molecular complexity index is 1860. The molecular weight excluding hydrogens is 743 g/mol. The highest BCUT2D eigenvalue weighted by atomic mass is 79.9. The van der Waals surface area contributed by atoms with Gasteiger partial charge in [-0.15, -0.1) is 0 Å². The molecule has 0 saturated heterocycles. The van der Waals surface area contributed by atoms with Crippen LogP contribution in [0.4, 0.5) is 18.9 Å². The smallest absolute Gasteiger partial charge is 0.354 e. The topological polar surface area (TPSA) is 86.8 Å². The predicted octanol–water partition coefficient (Wildman–Crippen LogP) is 8.18. The molecule has 260 valence electrons. The number of nitrogens with zero attached hydrogens (tertiary/aromatic N) is 2. The number of nitrogens with one attached hydrogen (secondary N) is 1. The van der Waals surface area contributed by atoms with Crippen LogP contribution in [0.25, 0.3) is 0 Å². The van der Waals surface area contributed by atoms with Gasteiger partial charge in [0.1, 0.15) is 12.6 Å². The molecule has 1 unspecified atom stereocenters. The van der Waals surface area contributed by atoms with Crippen molar-refractivity contribution in [1.29, 1.82) is 0 Å². The van der Waals surface area contributed by atoms with Crippen molar-refractivity contribution in [1.82, 2.24) is 10.2 Å². The number of hydrogen-bond acceptors (Lipinski definition) is 4. The van der Waals surface area contributed by atoms with Gasteiger partial charge in [-0.1, -0.05) is 101 Å². The molecule has 1 atom stereocenters. The summed E-state index contributed by atoms with van der Waals surface area (Å²) in [6.45, 7) is 3.09. The van der Waals surface area contributed by atoms with E-state index < -0.39 is 56.9 Å². The second kappa shape index (κ2) is 16.7. The molecule has 49 heavy (non-hydrogen) atoms. The Morgan fingerprint density at radius 3 is 2.22 bits per heavy atom. The average molecular weight is 779 g/mol. The number of anilines is 1. The van der Waals surface area contributed by atoms with Crippen LogP contribution in [0, 0.1) is 6.92 Å². The molecule has 0 radical (unpaired) electrons. The van der Waals surface area contributed by atoms with Gasteiger partial charge in [0.25, 0.3) is 10.0 Å². The molecule has 4 rings (SSSR count). The monoisotopic (exact) mass is 777 g/mol. The number of aryl methyl sites for hydroxylation is 1. The first-order valence-electron chi connectivity index (χ1n) is 15.5. The van der Waals surface area contributed by atoms with Crippen molar-refractivity contribution in [3.8, 4) is 0 Å². The fraction of sp³-hybridized carbons (Fsp3) is 0.278. The number of sulfonamides is 1. The van der Waals surface area contributed by atoms with Crippen LogP contribution in [0.15, 0.2) is 106 Å². The lowest BCUT2D eigenvalue weighted by atomic mass is 10.0. The molecule has 0 bridgehead atoms. The zero-order valence-corrected chi connectivity index (χ0v) is 30.0. The third-order valence-corrected chi connectivity index (χ3v) is 10.4. The molecule has 13 heteroatoms. The number of halogens is 5. The summed E-state index contributed by atoms with van der Waals surface area (Å²) in [7, 11) is -4.61. The van der Waals surface area contributed by atoms with Crippen LogP contribution in [0.3, 0.4) is 0 Å². The summed E-state index contributed by atoms with van der Waals surface area (Å²) in [4.78, 5) is 29.4. The van der Waals surface area contributed by atoms with Crippen LogP contribution >= 0.6 is 27.5 Å². The van der Waals surface area contributed by atoms with Crippen molar-refractivity contribution in [2.45, 2.75) is 56.8 Å². The molecule has 0 spiro atoms. The summed E-state index contributed by atoms with van der Waals surface area (Å²) in [6, 6.07) is 23.5. The molecule has 7 nitrogen and oxygen atoms in total. The number of alkyl halides is 3. The van der Waals surface area contributed by atoms with Crippen molar-refractivity contribution in [2.24, 2.45) is 0 Å². The number of hydrogen-bond donors (Lipinski definition) is 1. The van der Waals surface area contributed by atoms with E-state index >= 15 is 0 Å². The van der Waals surface area contributed by atoms with Gasteiger partial charge in [-0.25, -0.2) is 8.42 Å². The highest BCUT2D eigenvalue weighted by molar-refractivity contribution is 9.10. The molecule has 4 aromatic rings. The number of carbonyl (C=O) groups is 2. The minimum Gasteiger partial charge on any atom is -0.354 e. The van der Waals surface area contributed by atoms with E-state index in [0.29, 0.717) is 33.4 Å². The maximum Gasteiger partial charge on any atom is 0.417 e. The van der Waals surface area contributed by atoms with Crippen LogP contribution in [0.5, 0.6) is 0 Å². The zero-order chi connectivity index (χ0) is 35.8. The first kappa shape index (κ1) is 37.9. The van der Waals surface area contributed by atoms with Crippen LogP contribution in [-0.2, 0) is 38.8 Å². The summed E-state index contributed by atoms with van der Waals surface area (Å²) in [5.41, 5.74) is 0.472. The number of carbonyl (C=O) groups excluding carboxylic acids is 2. The molecule has 0 saturated carbocycles. The summed E-state index contributed by atoms with van der Waals surface area (Å²) >= 11 is 9.32. The largest absolute Gasteiger partial charge is 0.417 e. The first-order valence-corrected chi connectivity index (χ1v) is 18.1. The summed E-state index contributed by atoms with van der Waals surface area (Å²) in [5, 5.41) is 2.27. The number of unbranched alkanes of at least 4 members (excludes halogenated alkanes) is 1. The van der Waals surface area contributed by atoms with E-state index in [9.17, 15) is 31.2 Å². The lowest BCUT2D eigenvalue weighted by Gasteiger charge is -2.34. The van der Waals surface area contributed by atoms with Gasteiger partial charge in [-0.05, 0) is 66.9 Å². The van der Waals surface area contributed by atoms with Gasteiger partial charge in [0.05, 0.1) is 21.2 Å². The van der Waals surface area contributed by atoms with Gasteiger partial charge in [0.15, 0.2) is 0 Å². The standard InChI is InChI=1S/C36H36BrClF3N3O4S/c1-3-4-19-42-35(46)33(21-26-9-6-5-7-10-26)43(23-27-11-8-12-28(37)20-27)34(45)24-44(49(47,48)30-16-13-25(2)14-17-30)29-15-18-32(38)31(22-29)36(39,40)41/h5-18,20,22,33H,3-4,19,21,23-24H2,1-2H3,(H,42,46). The molecule has 1 N–H and O–H groups in total. The minimum atomic E-state index is -4.90. The van der Waals surface area contributed by atoms with Gasteiger partial charge in [0.2, 0.25) is 11.8 Å². The van der Waals surface area contributed by atoms with Crippen LogP contribution in [0.2, 0.25) is 5.02 Å². The predicted molar refractivity (Wildman–Crippen MR) is 189 cm³/mol. The third-order valence-electron chi connectivity index (χ3n) is 7.77. The van der Waals surface area contributed by atoms with Crippen LogP contribution in [-0.4, -0.2) is 44.3 Å². The first-order chi connectivity index (χ1) is 23.2. The SMILES string of the molecule is CCCCNC(=O)C(Cc1ccccc1)N(Cc1cccc(Br)c1)C(=O)CN(c1ccc(Cl)c(C(F)(F)F)c1)S(=O)(=O)c1ccc(C)cc1. The van der Waals surface area contributed by atoms with Gasteiger partial charge >= 0.3 is 6.18 Å². The molecule has 0 fully saturated rings. The Morgan fingerprint density at radius 1 is 0.918 bits per heavy atom. The van der Waals surface area contributed by atoms with E-state index in [4.69, 9.17) is 11.6 Å². The second-order valence-corrected chi connectivity index (χ2v) is 14.7. The van der Waals surface area contributed by atoms with E-state index in [-0.39, 0.29) is 17.9 Å². The molecule has 2 amide bonds. The fourth-order valence-electron chi connectivity index (χ4n) is 5.14. The average Bonchev–Trinajstić information content (AvgIpc) is 3.05. The van der Waals surface area contributed by atoms with Crippen LogP contribution < -0.4 is 9.62 Å². The van der Waals surface area contributed by atoms with Crippen molar-refractivity contribution in [2.75, 3.05) is 17.4 Å². The number of rotatable bonds is 14. The van der Waals surface area contributed by atoms with Gasteiger partial charge in [-0.2, -0.15) is 13.2 Å². The molecule has 0 aliphatic rings. The van der Waals surface area contributed by atoms with E-state index in [1.165, 1.54) is 17.0 Å². The molecule has 0 heterocycles. The Labute approximate surface area is 298 Å². The highest BCUT2D eigenvalue weighted by Gasteiger charge is 2.37. The van der Waals surface area contributed by atoms with Gasteiger partial charge in [-0.3, -0.25) is 13.9 Å². The van der Waals surface area contributed by atoms with Gasteiger partial charge < -0.3 is 10.2 Å². The minimum absolute atomic E-state index is 0.0934. The van der Waals surface area contributed by atoms with Gasteiger partial charge in [0, 0.05) is 24.0 Å². The molecular formula is C36H36BrClF3N3O4S. The molecule has 0 aromatic heterocycles. The normalized spacial score (nSPS) is 12.3. The van der Waals surface area contributed by atoms with E-state index in [1.807, 2.05) is 25.1 Å². The Morgan fingerprint density at radius 2 is 1.59 bits per heavy atom. The van der Waals surface area contributed by atoms with E-state index in [1.54, 1.807) is 55.5 Å². The maximum atomic E-state index is 14.5. The molecule has 0 aliphatic heterocycles. The Hall–Kier alpha value is -3.87. The van der Waals surface area contributed by atoms with Crippen molar-refractivity contribution in [3.63, 3.8) is 0 Å². The number of amides is 2. The summed E-state index contributed by atoms with van der Waals surface area (Å²) in [6.07, 6.45) is -3.29. The maximum absolute atomic E-state index is 14.5. The van der Waals surface area contributed by atoms with Crippen molar-refractivity contribution in [3.05, 3.63) is 129 Å². The van der Waals surface area contributed by atoms with E-state index in [0.717, 1.165) is 29.7 Å². The second-order valence-electron chi connectivity index (χ2n) is 11.5. The van der Waals surface area contributed by atoms with Crippen LogP contribution in [0.1, 0.15) is 42.0 Å². The zero-order valence-electron chi connectivity index (χ0n) is 26.9. The molecule has 4 aromatic carbocycles. The fourth-order valence-corrected chi connectivity index (χ4v) is 7.22.